The zero-order valence-corrected chi connectivity index (χ0v) is 17.6. The Balaban J connectivity index is 1.83. The first kappa shape index (κ1) is 22.0. The second kappa shape index (κ2) is 9.27. The van der Waals surface area contributed by atoms with Crippen LogP contribution in [0.25, 0.3) is 0 Å². The summed E-state index contributed by atoms with van der Waals surface area (Å²) in [5.41, 5.74) is 1.04. The summed E-state index contributed by atoms with van der Waals surface area (Å²) in [7, 11) is -3.86. The average Bonchev–Trinajstić information content (AvgIpc) is 2.59. The summed E-state index contributed by atoms with van der Waals surface area (Å²) in [5, 5.41) is 5.01. The van der Waals surface area contributed by atoms with Crippen LogP contribution in [0.1, 0.15) is 40.0 Å². The Morgan fingerprint density at radius 2 is 1.61 bits per heavy atom. The molecule has 28 heavy (non-hydrogen) atoms. The molecule has 0 aliphatic carbocycles. The molecule has 0 aromatic heterocycles. The van der Waals surface area contributed by atoms with E-state index in [9.17, 15) is 18.0 Å². The third kappa shape index (κ3) is 7.75. The molecule has 1 aliphatic heterocycles. The molecule has 0 saturated carbocycles. The van der Waals surface area contributed by atoms with Crippen molar-refractivity contribution in [2.45, 2.75) is 45.6 Å². The van der Waals surface area contributed by atoms with Crippen LogP contribution >= 0.6 is 0 Å². The van der Waals surface area contributed by atoms with E-state index in [1.807, 2.05) is 32.9 Å². The van der Waals surface area contributed by atoms with Gasteiger partial charge in [0, 0.05) is 30.0 Å². The number of carbonyl (C=O) groups excluding carboxylic acids is 2. The molecule has 9 heteroatoms. The van der Waals surface area contributed by atoms with Crippen molar-refractivity contribution in [3.8, 4) is 0 Å². The summed E-state index contributed by atoms with van der Waals surface area (Å²) in [6.45, 7) is 7.20. The number of hydrogen-bond donors (Lipinski definition) is 3. The largest absolute Gasteiger partial charge is 0.372 e. The Morgan fingerprint density at radius 3 is 2.18 bits per heavy atom. The van der Waals surface area contributed by atoms with Gasteiger partial charge >= 0.3 is 0 Å². The molecular formula is C19H30N4O4S. The maximum atomic E-state index is 12.2. The van der Waals surface area contributed by atoms with Gasteiger partial charge in [0.25, 0.3) is 0 Å². The number of benzene rings is 1. The van der Waals surface area contributed by atoms with Crippen LogP contribution in [-0.2, 0) is 19.6 Å². The number of piperidine rings is 1. The van der Waals surface area contributed by atoms with E-state index in [1.165, 1.54) is 6.42 Å². The van der Waals surface area contributed by atoms with E-state index >= 15 is 0 Å². The summed E-state index contributed by atoms with van der Waals surface area (Å²) in [4.78, 5) is 25.8. The van der Waals surface area contributed by atoms with Crippen molar-refractivity contribution >= 4 is 33.2 Å². The van der Waals surface area contributed by atoms with Crippen molar-refractivity contribution in [2.24, 2.45) is 0 Å². The molecule has 3 N–H and O–H groups in total. The summed E-state index contributed by atoms with van der Waals surface area (Å²) in [5.74, 6) is -1.86. The minimum absolute atomic E-state index is 0.268. The van der Waals surface area contributed by atoms with Gasteiger partial charge in [-0.25, -0.2) is 8.42 Å². The van der Waals surface area contributed by atoms with Crippen molar-refractivity contribution in [1.82, 2.24) is 10.6 Å². The second-order valence-corrected chi connectivity index (χ2v) is 9.75. The lowest BCUT2D eigenvalue weighted by Gasteiger charge is -2.28. The molecule has 8 nitrogen and oxygen atoms in total. The lowest BCUT2D eigenvalue weighted by atomic mass is 10.1. The summed E-state index contributed by atoms with van der Waals surface area (Å²) in [6.07, 6.45) is 3.57. The van der Waals surface area contributed by atoms with E-state index < -0.39 is 27.2 Å². The monoisotopic (exact) mass is 410 g/mol. The standard InChI is InChI=1S/C19H30N4O4S/c1-19(2,3)21-17(24)13-20-18(25)14-28(26,27)22-15-7-9-16(10-8-15)23-11-5-4-6-12-23/h7-10,22H,4-6,11-14H2,1-3H3,(H,20,25)(H,21,24). The van der Waals surface area contributed by atoms with Gasteiger partial charge in [-0.2, -0.15) is 0 Å². The molecule has 2 amide bonds. The fourth-order valence-electron chi connectivity index (χ4n) is 2.97. The lowest BCUT2D eigenvalue weighted by molar-refractivity contribution is -0.125. The molecule has 1 heterocycles. The zero-order valence-electron chi connectivity index (χ0n) is 16.7. The van der Waals surface area contributed by atoms with Gasteiger partial charge in [0.2, 0.25) is 21.8 Å². The van der Waals surface area contributed by atoms with Crippen LogP contribution in [0.2, 0.25) is 0 Å². The molecule has 1 saturated heterocycles. The minimum atomic E-state index is -3.86. The van der Waals surface area contributed by atoms with Crippen LogP contribution in [0.15, 0.2) is 24.3 Å². The molecular weight excluding hydrogens is 380 g/mol. The molecule has 1 aromatic rings. The third-order valence-electron chi connectivity index (χ3n) is 4.14. The SMILES string of the molecule is CC(C)(C)NC(=O)CNC(=O)CS(=O)(=O)Nc1ccc(N2CCCCC2)cc1. The minimum Gasteiger partial charge on any atom is -0.372 e. The first-order chi connectivity index (χ1) is 13.0. The molecule has 0 spiro atoms. The Hall–Kier alpha value is -2.29. The second-order valence-electron chi connectivity index (χ2n) is 8.03. The third-order valence-corrected chi connectivity index (χ3v) is 5.33. The van der Waals surface area contributed by atoms with Gasteiger partial charge in [-0.1, -0.05) is 0 Å². The Kier molecular flexibility index (Phi) is 7.29. The Morgan fingerprint density at radius 1 is 1.00 bits per heavy atom. The quantitative estimate of drug-likeness (QED) is 0.631. The van der Waals surface area contributed by atoms with E-state index in [2.05, 4.69) is 20.3 Å². The van der Waals surface area contributed by atoms with Gasteiger partial charge in [0.05, 0.1) is 6.54 Å². The molecule has 1 aliphatic rings. The highest BCUT2D eigenvalue weighted by Crippen LogP contribution is 2.22. The van der Waals surface area contributed by atoms with Gasteiger partial charge in [-0.05, 0) is 64.3 Å². The first-order valence-electron chi connectivity index (χ1n) is 9.47. The van der Waals surface area contributed by atoms with Crippen molar-refractivity contribution in [3.05, 3.63) is 24.3 Å². The van der Waals surface area contributed by atoms with Gasteiger partial charge in [-0.15, -0.1) is 0 Å². The number of nitrogens with zero attached hydrogens (tertiary/aromatic N) is 1. The van der Waals surface area contributed by atoms with Crippen molar-refractivity contribution in [3.63, 3.8) is 0 Å². The van der Waals surface area contributed by atoms with Crippen molar-refractivity contribution in [2.75, 3.05) is 35.0 Å². The molecule has 2 rings (SSSR count). The fraction of sp³-hybridized carbons (Fsp3) is 0.579. The number of rotatable bonds is 7. The van der Waals surface area contributed by atoms with Crippen molar-refractivity contribution < 1.29 is 18.0 Å². The number of sulfonamides is 1. The van der Waals surface area contributed by atoms with Gasteiger partial charge in [0.15, 0.2) is 0 Å². The van der Waals surface area contributed by atoms with Gasteiger partial charge in [-0.3, -0.25) is 14.3 Å². The molecule has 1 aromatic carbocycles. The number of nitrogens with one attached hydrogen (secondary N) is 3. The smallest absolute Gasteiger partial charge is 0.241 e. The highest BCUT2D eigenvalue weighted by atomic mass is 32.2. The Labute approximate surface area is 167 Å². The van der Waals surface area contributed by atoms with Crippen LogP contribution < -0.4 is 20.3 Å². The summed E-state index contributed by atoms with van der Waals surface area (Å²) >= 11 is 0. The van der Waals surface area contributed by atoms with E-state index in [0.717, 1.165) is 31.6 Å². The van der Waals surface area contributed by atoms with Crippen LogP contribution in [0, 0.1) is 0 Å². The maximum absolute atomic E-state index is 12.2. The number of carbonyl (C=O) groups is 2. The topological polar surface area (TPSA) is 108 Å². The number of anilines is 2. The Bertz CT molecular complexity index is 779. The zero-order chi connectivity index (χ0) is 20.8. The average molecular weight is 411 g/mol. The normalized spacial score (nSPS) is 15.0. The van der Waals surface area contributed by atoms with Gasteiger partial charge < -0.3 is 15.5 Å². The van der Waals surface area contributed by atoms with Crippen LogP contribution in [-0.4, -0.2) is 51.2 Å². The highest BCUT2D eigenvalue weighted by molar-refractivity contribution is 7.93. The molecule has 0 atom stereocenters. The van der Waals surface area contributed by atoms with E-state index in [-0.39, 0.29) is 12.5 Å². The highest BCUT2D eigenvalue weighted by Gasteiger charge is 2.19. The number of hydrogen-bond acceptors (Lipinski definition) is 5. The maximum Gasteiger partial charge on any atom is 0.241 e. The van der Waals surface area contributed by atoms with Crippen molar-refractivity contribution in [1.29, 1.82) is 0 Å². The number of amides is 2. The van der Waals surface area contributed by atoms with E-state index in [4.69, 9.17) is 0 Å². The predicted molar refractivity (Wildman–Crippen MR) is 111 cm³/mol. The lowest BCUT2D eigenvalue weighted by Crippen LogP contribution is -2.46. The molecule has 0 unspecified atom stereocenters. The summed E-state index contributed by atoms with van der Waals surface area (Å²) in [6, 6.07) is 7.13. The van der Waals surface area contributed by atoms with Gasteiger partial charge in [0.1, 0.15) is 5.75 Å². The first-order valence-corrected chi connectivity index (χ1v) is 11.1. The molecule has 156 valence electrons. The van der Waals surface area contributed by atoms with Crippen LogP contribution in [0.3, 0.4) is 0 Å². The summed E-state index contributed by atoms with van der Waals surface area (Å²) < 4.78 is 26.8. The van der Waals surface area contributed by atoms with Crippen LogP contribution in [0.4, 0.5) is 11.4 Å². The molecule has 0 radical (unpaired) electrons. The molecule has 1 fully saturated rings. The van der Waals surface area contributed by atoms with E-state index in [1.54, 1.807) is 12.1 Å². The molecule has 0 bridgehead atoms. The van der Waals surface area contributed by atoms with Crippen LogP contribution in [0.5, 0.6) is 0 Å². The predicted octanol–water partition coefficient (Wildman–Crippen LogP) is 1.45. The van der Waals surface area contributed by atoms with E-state index in [0.29, 0.717) is 5.69 Å². The fourth-order valence-corrected chi connectivity index (χ4v) is 3.99.